The lowest BCUT2D eigenvalue weighted by Crippen LogP contribution is -2.41. The number of ether oxygens (including phenoxy) is 1. The third kappa shape index (κ3) is 8.36. The average Bonchev–Trinajstić information content (AvgIpc) is 2.43. The van der Waals surface area contributed by atoms with Gasteiger partial charge in [0, 0.05) is 0 Å². The second-order valence-corrected chi connectivity index (χ2v) is 6.45. The second-order valence-electron chi connectivity index (χ2n) is 6.45. The first-order chi connectivity index (χ1) is 9.49. The Morgan fingerprint density at radius 2 is 1.19 bits per heavy atom. The van der Waals surface area contributed by atoms with Gasteiger partial charge in [0.15, 0.2) is 0 Å². The van der Waals surface area contributed by atoms with Crippen LogP contribution in [-0.2, 0) is 29.1 Å². The lowest BCUT2D eigenvalue weighted by molar-refractivity contribution is -0.538. The molecule has 6 nitrogen and oxygen atoms in total. The molecular formula is C15H30O6. The summed E-state index contributed by atoms with van der Waals surface area (Å²) in [6.45, 7) is 13.0. The number of hydrogen-bond acceptors (Lipinski definition) is 6. The van der Waals surface area contributed by atoms with Crippen LogP contribution in [0.25, 0.3) is 0 Å². The maximum Gasteiger partial charge on any atom is 0.311 e. The molecule has 0 bridgehead atoms. The molecule has 0 radical (unpaired) electrons. The van der Waals surface area contributed by atoms with E-state index in [0.29, 0.717) is 0 Å². The molecule has 0 unspecified atom stereocenters. The van der Waals surface area contributed by atoms with E-state index in [1.54, 1.807) is 6.92 Å². The van der Waals surface area contributed by atoms with Crippen LogP contribution in [0, 0.1) is 0 Å². The van der Waals surface area contributed by atoms with Crippen LogP contribution in [0.3, 0.4) is 0 Å². The maximum absolute atomic E-state index is 11.5. The van der Waals surface area contributed by atoms with Crippen molar-refractivity contribution in [1.29, 1.82) is 0 Å². The van der Waals surface area contributed by atoms with Gasteiger partial charge in [-0.25, -0.2) is 9.78 Å². The highest BCUT2D eigenvalue weighted by molar-refractivity contribution is 5.70. The molecule has 21 heavy (non-hydrogen) atoms. The van der Waals surface area contributed by atoms with E-state index in [2.05, 4.69) is 4.74 Å². The van der Waals surface area contributed by atoms with Crippen molar-refractivity contribution in [3.05, 3.63) is 0 Å². The minimum atomic E-state index is -1.38. The first-order valence-electron chi connectivity index (χ1n) is 7.29. The Bertz CT molecular complexity index is 304. The number of rotatable bonds is 10. The van der Waals surface area contributed by atoms with E-state index in [9.17, 15) is 4.79 Å². The monoisotopic (exact) mass is 306 g/mol. The van der Waals surface area contributed by atoms with E-state index in [1.807, 2.05) is 41.5 Å². The van der Waals surface area contributed by atoms with Crippen molar-refractivity contribution >= 4 is 5.97 Å². The quantitative estimate of drug-likeness (QED) is 0.266. The molecule has 6 heteroatoms. The predicted octanol–water partition coefficient (Wildman–Crippen LogP) is 3.54. The van der Waals surface area contributed by atoms with Crippen LogP contribution in [0.5, 0.6) is 0 Å². The number of hydrogen-bond donors (Lipinski definition) is 0. The third-order valence-electron chi connectivity index (χ3n) is 3.28. The van der Waals surface area contributed by atoms with E-state index in [4.69, 9.17) is 19.6 Å². The molecule has 126 valence electrons. The molecule has 0 heterocycles. The molecule has 0 saturated heterocycles. The van der Waals surface area contributed by atoms with Crippen LogP contribution in [0.1, 0.15) is 67.7 Å². The van der Waals surface area contributed by atoms with Crippen LogP contribution < -0.4 is 0 Å². The van der Waals surface area contributed by atoms with Crippen LogP contribution >= 0.6 is 0 Å². The van der Waals surface area contributed by atoms with Gasteiger partial charge in [0.05, 0.1) is 18.3 Å². The first-order valence-corrected chi connectivity index (χ1v) is 7.29. The molecule has 0 N–H and O–H groups in total. The molecule has 0 aromatic carbocycles. The number of methoxy groups -OCH3 is 1. The normalized spacial score (nSPS) is 13.3. The van der Waals surface area contributed by atoms with E-state index in [0.717, 1.165) is 12.8 Å². The summed E-state index contributed by atoms with van der Waals surface area (Å²) in [5, 5.41) is 0. The smallest absolute Gasteiger partial charge is 0.311 e. The van der Waals surface area contributed by atoms with Gasteiger partial charge in [0.1, 0.15) is 6.42 Å². The summed E-state index contributed by atoms with van der Waals surface area (Å²) in [5.41, 5.74) is -0.998. The van der Waals surface area contributed by atoms with Gasteiger partial charge < -0.3 is 4.74 Å². The average molecular weight is 306 g/mol. The third-order valence-corrected chi connectivity index (χ3v) is 3.28. The van der Waals surface area contributed by atoms with Crippen molar-refractivity contribution in [2.75, 3.05) is 7.11 Å². The second kappa shape index (κ2) is 8.08. The molecule has 0 fully saturated rings. The number of esters is 1. The summed E-state index contributed by atoms with van der Waals surface area (Å²) < 4.78 is 4.65. The molecule has 0 aromatic rings. The van der Waals surface area contributed by atoms with Gasteiger partial charge in [-0.3, -0.25) is 4.79 Å². The van der Waals surface area contributed by atoms with E-state index in [1.165, 1.54) is 7.11 Å². The fourth-order valence-electron chi connectivity index (χ4n) is 0.927. The molecule has 0 rings (SSSR count). The van der Waals surface area contributed by atoms with Crippen LogP contribution in [0.2, 0.25) is 0 Å². The van der Waals surface area contributed by atoms with Crippen molar-refractivity contribution in [1.82, 2.24) is 0 Å². The lowest BCUT2D eigenvalue weighted by atomic mass is 10.1. The Kier molecular flexibility index (Phi) is 7.81. The van der Waals surface area contributed by atoms with Gasteiger partial charge in [0.2, 0.25) is 5.79 Å². The SMILES string of the molecule is CCC(C)(C)OOC(C)(CC(=O)OC)OOC(C)(C)CC. The van der Waals surface area contributed by atoms with E-state index < -0.39 is 23.0 Å². The van der Waals surface area contributed by atoms with Crippen LogP contribution in [-0.4, -0.2) is 30.1 Å². The minimum Gasteiger partial charge on any atom is -0.469 e. The molecule has 0 aliphatic carbocycles. The fraction of sp³-hybridized carbons (Fsp3) is 0.933. The van der Waals surface area contributed by atoms with Crippen molar-refractivity contribution in [3.63, 3.8) is 0 Å². The van der Waals surface area contributed by atoms with Gasteiger partial charge in [-0.2, -0.15) is 9.78 Å². The summed E-state index contributed by atoms with van der Waals surface area (Å²) in [4.78, 5) is 33.0. The first kappa shape index (κ1) is 20.3. The van der Waals surface area contributed by atoms with Crippen molar-refractivity contribution < 1.29 is 29.1 Å². The molecule has 0 atom stereocenters. The topological polar surface area (TPSA) is 63.2 Å². The summed E-state index contributed by atoms with van der Waals surface area (Å²) in [6, 6.07) is 0. The van der Waals surface area contributed by atoms with E-state index >= 15 is 0 Å². The number of carbonyl (C=O) groups is 1. The Hall–Kier alpha value is -0.690. The molecule has 0 amide bonds. The van der Waals surface area contributed by atoms with Gasteiger partial charge >= 0.3 is 5.97 Å². The van der Waals surface area contributed by atoms with Gasteiger partial charge in [-0.1, -0.05) is 13.8 Å². The van der Waals surface area contributed by atoms with Crippen LogP contribution in [0.4, 0.5) is 0 Å². The molecule has 0 spiro atoms. The van der Waals surface area contributed by atoms with E-state index in [-0.39, 0.29) is 6.42 Å². The zero-order valence-corrected chi connectivity index (χ0v) is 14.6. The minimum absolute atomic E-state index is 0.150. The summed E-state index contributed by atoms with van der Waals surface area (Å²) >= 11 is 0. The molecule has 0 aromatic heterocycles. The zero-order valence-electron chi connectivity index (χ0n) is 14.6. The lowest BCUT2D eigenvalue weighted by Gasteiger charge is -2.33. The van der Waals surface area contributed by atoms with Gasteiger partial charge in [-0.05, 0) is 47.5 Å². The Morgan fingerprint density at radius 1 is 0.810 bits per heavy atom. The van der Waals surface area contributed by atoms with Crippen molar-refractivity contribution in [2.45, 2.75) is 84.7 Å². The fourth-order valence-corrected chi connectivity index (χ4v) is 0.927. The van der Waals surface area contributed by atoms with Gasteiger partial charge in [-0.15, -0.1) is 0 Å². The largest absolute Gasteiger partial charge is 0.469 e. The Labute approximate surface area is 127 Å². The zero-order chi connectivity index (χ0) is 16.7. The molecule has 0 aliphatic rings. The van der Waals surface area contributed by atoms with Crippen molar-refractivity contribution in [2.24, 2.45) is 0 Å². The highest BCUT2D eigenvalue weighted by atomic mass is 17.3. The highest BCUT2D eigenvalue weighted by Gasteiger charge is 2.37. The highest BCUT2D eigenvalue weighted by Crippen LogP contribution is 2.27. The van der Waals surface area contributed by atoms with Crippen molar-refractivity contribution in [3.8, 4) is 0 Å². The summed E-state index contributed by atoms with van der Waals surface area (Å²) in [7, 11) is 1.30. The predicted molar refractivity (Wildman–Crippen MR) is 78.1 cm³/mol. The Balaban J connectivity index is 4.80. The molecule has 0 saturated carbocycles. The maximum atomic E-state index is 11.5. The summed E-state index contributed by atoms with van der Waals surface area (Å²) in [6.07, 6.45) is 1.33. The summed E-state index contributed by atoms with van der Waals surface area (Å²) in [5.74, 6) is -1.86. The van der Waals surface area contributed by atoms with Crippen LogP contribution in [0.15, 0.2) is 0 Å². The Morgan fingerprint density at radius 3 is 1.48 bits per heavy atom. The number of carbonyl (C=O) groups excluding carboxylic acids is 1. The van der Waals surface area contributed by atoms with Gasteiger partial charge in [0.25, 0.3) is 0 Å². The molecular weight excluding hydrogens is 276 g/mol. The molecule has 0 aliphatic heterocycles. The standard InChI is InChI=1S/C15H30O6/c1-9-13(3,4)18-20-15(7,11-12(16)17-8)21-19-14(5,6)10-2/h9-11H2,1-8H3.